The second-order valence-corrected chi connectivity index (χ2v) is 10.3. The molecule has 0 radical (unpaired) electrons. The summed E-state index contributed by atoms with van der Waals surface area (Å²) in [5, 5.41) is 18.7. The van der Waals surface area contributed by atoms with Crippen molar-refractivity contribution in [2.24, 2.45) is 5.92 Å². The number of hydrogen-bond donors (Lipinski definition) is 2. The maximum Gasteiger partial charge on any atom is 0.206 e. The van der Waals surface area contributed by atoms with Crippen molar-refractivity contribution in [2.45, 2.75) is 38.3 Å². The highest BCUT2D eigenvalue weighted by atomic mass is 16.3. The third-order valence-corrected chi connectivity index (χ3v) is 7.92. The van der Waals surface area contributed by atoms with Gasteiger partial charge in [-0.05, 0) is 62.3 Å². The number of phenols is 1. The zero-order chi connectivity index (χ0) is 25.4. The van der Waals surface area contributed by atoms with Crippen molar-refractivity contribution >= 4 is 17.3 Å². The van der Waals surface area contributed by atoms with Gasteiger partial charge < -0.3 is 20.6 Å². The number of phenolic OH excluding ortho intramolecular Hbond substituents is 1. The van der Waals surface area contributed by atoms with Crippen LogP contribution in [0.3, 0.4) is 0 Å². The molecule has 4 aliphatic rings. The lowest BCUT2D eigenvalue weighted by Gasteiger charge is -2.28. The maximum absolute atomic E-state index is 10.3. The molecule has 190 valence electrons. The minimum atomic E-state index is 0.169. The SMILES string of the molecule is CC1CCN(c2cc(-c3ccccc3O)nnc2N)CCN1c1ccnc(C#CCN2CC3CC2C3)n1. The van der Waals surface area contributed by atoms with E-state index in [9.17, 15) is 5.11 Å². The molecule has 3 saturated heterocycles. The molecule has 3 aliphatic heterocycles. The summed E-state index contributed by atoms with van der Waals surface area (Å²) in [6, 6.07) is 12.0. The molecule has 9 heteroatoms. The van der Waals surface area contributed by atoms with Crippen LogP contribution in [-0.4, -0.2) is 75.0 Å². The molecule has 1 aromatic carbocycles. The average molecular weight is 497 g/mol. The lowest BCUT2D eigenvalue weighted by molar-refractivity contribution is 0.268. The van der Waals surface area contributed by atoms with Gasteiger partial charge in [0.25, 0.3) is 0 Å². The standard InChI is InChI=1S/C28H32N8O/c1-19-9-12-34(24-17-23(32-33-28(24)29)22-5-2-3-6-25(22)37)13-14-36(19)27-8-10-30-26(31-27)7-4-11-35-18-20-15-21(35)16-20/h2-3,5-6,8,10,17,19-21,37H,9,11-16,18H2,1H3,(H2,29,33). The fourth-order valence-corrected chi connectivity index (χ4v) is 5.72. The molecule has 0 spiro atoms. The first-order valence-electron chi connectivity index (χ1n) is 13.0. The largest absolute Gasteiger partial charge is 0.507 e. The fraction of sp³-hybridized carbons (Fsp3) is 0.429. The first-order chi connectivity index (χ1) is 18.0. The predicted octanol–water partition coefficient (Wildman–Crippen LogP) is 2.77. The van der Waals surface area contributed by atoms with Crippen LogP contribution >= 0.6 is 0 Å². The van der Waals surface area contributed by atoms with Crippen molar-refractivity contribution < 1.29 is 5.11 Å². The Labute approximate surface area is 217 Å². The Balaban J connectivity index is 1.17. The summed E-state index contributed by atoms with van der Waals surface area (Å²) in [5.41, 5.74) is 8.33. The van der Waals surface area contributed by atoms with Gasteiger partial charge in [0.1, 0.15) is 11.6 Å². The van der Waals surface area contributed by atoms with Crippen LogP contribution in [0.2, 0.25) is 0 Å². The summed E-state index contributed by atoms with van der Waals surface area (Å²) >= 11 is 0. The van der Waals surface area contributed by atoms with Gasteiger partial charge in [0.2, 0.25) is 5.82 Å². The van der Waals surface area contributed by atoms with Gasteiger partial charge in [-0.1, -0.05) is 18.1 Å². The quantitative estimate of drug-likeness (QED) is 0.527. The van der Waals surface area contributed by atoms with Crippen molar-refractivity contribution in [2.75, 3.05) is 48.3 Å². The molecular formula is C28H32N8O. The molecule has 5 heterocycles. The molecule has 1 unspecified atom stereocenters. The minimum absolute atomic E-state index is 0.169. The Morgan fingerprint density at radius 2 is 1.97 bits per heavy atom. The number of aromatic nitrogens is 4. The van der Waals surface area contributed by atoms with Gasteiger partial charge in [-0.15, -0.1) is 10.2 Å². The first kappa shape index (κ1) is 23.5. The number of hydrogen-bond acceptors (Lipinski definition) is 9. The van der Waals surface area contributed by atoms with E-state index in [-0.39, 0.29) is 11.8 Å². The highest BCUT2D eigenvalue weighted by molar-refractivity contribution is 5.74. The number of anilines is 3. The fourth-order valence-electron chi connectivity index (χ4n) is 5.72. The predicted molar refractivity (Wildman–Crippen MR) is 144 cm³/mol. The van der Waals surface area contributed by atoms with E-state index in [0.29, 0.717) is 22.9 Å². The Morgan fingerprint density at radius 1 is 1.11 bits per heavy atom. The molecule has 1 aliphatic carbocycles. The summed E-state index contributed by atoms with van der Waals surface area (Å²) in [6.07, 6.45) is 5.41. The second-order valence-electron chi connectivity index (χ2n) is 10.3. The number of nitrogen functional groups attached to an aromatic ring is 1. The van der Waals surface area contributed by atoms with Crippen molar-refractivity contribution in [3.8, 4) is 28.8 Å². The van der Waals surface area contributed by atoms with E-state index < -0.39 is 0 Å². The third kappa shape index (κ3) is 4.77. The van der Waals surface area contributed by atoms with E-state index in [4.69, 9.17) is 10.7 Å². The van der Waals surface area contributed by atoms with Gasteiger partial charge >= 0.3 is 0 Å². The van der Waals surface area contributed by atoms with Crippen molar-refractivity contribution in [1.82, 2.24) is 25.1 Å². The van der Waals surface area contributed by atoms with Crippen LogP contribution in [-0.2, 0) is 0 Å². The molecule has 9 nitrogen and oxygen atoms in total. The lowest BCUT2D eigenvalue weighted by atomic mass is 9.86. The first-order valence-corrected chi connectivity index (χ1v) is 13.0. The Morgan fingerprint density at radius 3 is 2.78 bits per heavy atom. The van der Waals surface area contributed by atoms with Crippen molar-refractivity contribution in [3.63, 3.8) is 0 Å². The lowest BCUT2D eigenvalue weighted by Crippen LogP contribution is -2.35. The van der Waals surface area contributed by atoms with Gasteiger partial charge in [-0.2, -0.15) is 0 Å². The normalized spacial score (nSPS) is 23.2. The molecule has 0 amide bonds. The highest BCUT2D eigenvalue weighted by Gasteiger charge is 2.41. The second kappa shape index (κ2) is 9.87. The smallest absolute Gasteiger partial charge is 0.206 e. The van der Waals surface area contributed by atoms with E-state index >= 15 is 0 Å². The van der Waals surface area contributed by atoms with Crippen molar-refractivity contribution in [3.05, 3.63) is 48.4 Å². The van der Waals surface area contributed by atoms with Gasteiger partial charge in [0.05, 0.1) is 17.9 Å². The minimum Gasteiger partial charge on any atom is -0.507 e. The Bertz CT molecular complexity index is 1350. The van der Waals surface area contributed by atoms with Gasteiger partial charge in [0.15, 0.2) is 5.82 Å². The van der Waals surface area contributed by atoms with Gasteiger partial charge in [0, 0.05) is 50.0 Å². The van der Waals surface area contributed by atoms with Gasteiger partial charge in [-0.25, -0.2) is 9.97 Å². The summed E-state index contributed by atoms with van der Waals surface area (Å²) in [5.74, 6) is 9.40. The van der Waals surface area contributed by atoms with Crippen LogP contribution in [0.4, 0.5) is 17.3 Å². The summed E-state index contributed by atoms with van der Waals surface area (Å²) in [6.45, 7) is 6.56. The molecule has 4 fully saturated rings. The molecule has 37 heavy (non-hydrogen) atoms. The number of para-hydroxylation sites is 1. The summed E-state index contributed by atoms with van der Waals surface area (Å²) in [4.78, 5) is 16.2. The third-order valence-electron chi connectivity index (χ3n) is 7.92. The molecule has 1 saturated carbocycles. The Hall–Kier alpha value is -3.90. The van der Waals surface area contributed by atoms with Crippen LogP contribution < -0.4 is 15.5 Å². The highest BCUT2D eigenvalue weighted by Crippen LogP contribution is 2.40. The molecule has 1 atom stereocenters. The van der Waals surface area contributed by atoms with Crippen LogP contribution in [0, 0.1) is 17.8 Å². The summed E-state index contributed by atoms with van der Waals surface area (Å²) < 4.78 is 0. The zero-order valence-electron chi connectivity index (χ0n) is 21.1. The number of rotatable bonds is 4. The molecule has 7 rings (SSSR count). The number of nitrogens with zero attached hydrogens (tertiary/aromatic N) is 7. The Kier molecular flexibility index (Phi) is 6.26. The topological polar surface area (TPSA) is 108 Å². The van der Waals surface area contributed by atoms with Crippen LogP contribution in [0.1, 0.15) is 32.0 Å². The van der Waals surface area contributed by atoms with E-state index in [1.807, 2.05) is 24.3 Å². The average Bonchev–Trinajstić information content (AvgIpc) is 3.41. The molecule has 2 aromatic heterocycles. The number of benzene rings is 1. The van der Waals surface area contributed by atoms with Gasteiger partial charge in [-0.3, -0.25) is 4.90 Å². The van der Waals surface area contributed by atoms with Crippen LogP contribution in [0.15, 0.2) is 42.6 Å². The van der Waals surface area contributed by atoms with E-state index in [1.165, 1.54) is 19.4 Å². The molecule has 2 bridgehead atoms. The molecule has 3 N–H and O–H groups in total. The number of fused-ring (bicyclic) bond motifs is 1. The maximum atomic E-state index is 10.3. The van der Waals surface area contributed by atoms with Crippen LogP contribution in [0.25, 0.3) is 11.3 Å². The summed E-state index contributed by atoms with van der Waals surface area (Å²) in [7, 11) is 0. The number of aromatic hydroxyl groups is 1. The van der Waals surface area contributed by atoms with E-state index in [2.05, 4.69) is 48.6 Å². The zero-order valence-corrected chi connectivity index (χ0v) is 21.1. The molecule has 3 aromatic rings. The monoisotopic (exact) mass is 496 g/mol. The van der Waals surface area contributed by atoms with E-state index in [1.54, 1.807) is 18.3 Å². The van der Waals surface area contributed by atoms with E-state index in [0.717, 1.165) is 56.1 Å². The van der Waals surface area contributed by atoms with Crippen LogP contribution in [0.5, 0.6) is 5.75 Å². The van der Waals surface area contributed by atoms with Crippen molar-refractivity contribution in [1.29, 1.82) is 0 Å². The molecular weight excluding hydrogens is 464 g/mol. The number of nitrogens with two attached hydrogens (primary N) is 1.